The number of nitrogens with one attached hydrogen (secondary N) is 2. The van der Waals surface area contributed by atoms with Crippen molar-refractivity contribution in [3.63, 3.8) is 0 Å². The van der Waals surface area contributed by atoms with Crippen LogP contribution in [-0.2, 0) is 9.59 Å². The van der Waals surface area contributed by atoms with Gasteiger partial charge in [-0.1, -0.05) is 19.9 Å². The average Bonchev–Trinajstić information content (AvgIpc) is 3.17. The number of hydrogen-bond donors (Lipinski definition) is 3. The smallest absolute Gasteiger partial charge is 0.325 e. The largest absolute Gasteiger partial charge is 0.480 e. The number of benzene rings is 1. The third kappa shape index (κ3) is 4.61. The van der Waals surface area contributed by atoms with Crippen molar-refractivity contribution in [3.8, 4) is 0 Å². The van der Waals surface area contributed by atoms with Gasteiger partial charge in [-0.25, -0.2) is 9.97 Å². The first-order valence-electron chi connectivity index (χ1n) is 10.4. The fraction of sp³-hybridized carbons (Fsp3) is 0.364. The van der Waals surface area contributed by atoms with Crippen molar-refractivity contribution in [2.75, 3.05) is 36.4 Å². The van der Waals surface area contributed by atoms with Crippen LogP contribution in [0.1, 0.15) is 25.5 Å². The number of hydrogen-bond acceptors (Lipinski definition) is 6. The van der Waals surface area contributed by atoms with E-state index in [9.17, 15) is 14.7 Å². The van der Waals surface area contributed by atoms with E-state index >= 15 is 0 Å². The first-order chi connectivity index (χ1) is 15.3. The molecular weight excluding hydrogens is 476 g/mol. The Hall–Kier alpha value is -2.98. The molecule has 0 bridgehead atoms. The highest BCUT2D eigenvalue weighted by Crippen LogP contribution is 2.31. The van der Waals surface area contributed by atoms with Gasteiger partial charge in [-0.15, -0.1) is 0 Å². The Morgan fingerprint density at radius 2 is 1.84 bits per heavy atom. The molecule has 1 aliphatic rings. The van der Waals surface area contributed by atoms with Crippen LogP contribution in [0.4, 0.5) is 11.6 Å². The molecule has 1 atom stereocenters. The van der Waals surface area contributed by atoms with Crippen molar-refractivity contribution in [2.24, 2.45) is 5.92 Å². The lowest BCUT2D eigenvalue weighted by Crippen LogP contribution is -2.49. The summed E-state index contributed by atoms with van der Waals surface area (Å²) in [5, 5.41) is 13.8. The molecule has 1 amide bonds. The Morgan fingerprint density at radius 3 is 2.47 bits per heavy atom. The second kappa shape index (κ2) is 9.25. The third-order valence-corrected chi connectivity index (χ3v) is 6.01. The molecule has 1 unspecified atom stereocenters. The van der Waals surface area contributed by atoms with E-state index in [2.05, 4.69) is 41.1 Å². The van der Waals surface area contributed by atoms with Crippen molar-refractivity contribution >= 4 is 50.3 Å². The number of carbonyl (C=O) groups excluding carboxylic acids is 1. The van der Waals surface area contributed by atoms with Gasteiger partial charge in [-0.2, -0.15) is 0 Å². The standard InChI is InChI=1S/C22H25BrN6O3/c1-13(2)20(30)27-15-3-4-16-17(12-24-18(16)9-15)19(21(31)32)28-5-7-29(8-6-28)22-25-10-14(23)11-26-22/h3-4,9-13,19,24H,5-8H2,1-2H3,(H,27,30)(H,31,32). The molecule has 0 saturated carbocycles. The number of anilines is 2. The highest BCUT2D eigenvalue weighted by Gasteiger charge is 2.32. The number of carbonyl (C=O) groups is 2. The molecule has 0 radical (unpaired) electrons. The van der Waals surface area contributed by atoms with Gasteiger partial charge in [0.15, 0.2) is 0 Å². The summed E-state index contributed by atoms with van der Waals surface area (Å²) < 4.78 is 0.817. The summed E-state index contributed by atoms with van der Waals surface area (Å²) in [5.74, 6) is -0.436. The molecule has 4 rings (SSSR count). The second-order valence-electron chi connectivity index (χ2n) is 8.11. The Balaban J connectivity index is 1.52. The van der Waals surface area contributed by atoms with Gasteiger partial charge in [0.05, 0.1) is 4.47 Å². The number of amides is 1. The highest BCUT2D eigenvalue weighted by atomic mass is 79.9. The van der Waals surface area contributed by atoms with Gasteiger partial charge in [0.2, 0.25) is 11.9 Å². The monoisotopic (exact) mass is 500 g/mol. The van der Waals surface area contributed by atoms with Crippen molar-refractivity contribution in [1.29, 1.82) is 0 Å². The number of piperazine rings is 1. The van der Waals surface area contributed by atoms with Gasteiger partial charge in [-0.3, -0.25) is 14.5 Å². The molecule has 3 aromatic rings. The lowest BCUT2D eigenvalue weighted by atomic mass is 10.0. The number of rotatable bonds is 6. The van der Waals surface area contributed by atoms with Crippen LogP contribution in [-0.4, -0.2) is 63.0 Å². The van der Waals surface area contributed by atoms with E-state index in [4.69, 9.17) is 0 Å². The molecule has 0 aliphatic carbocycles. The summed E-state index contributed by atoms with van der Waals surface area (Å²) in [6.45, 7) is 6.09. The van der Waals surface area contributed by atoms with Crippen LogP contribution in [0.25, 0.3) is 10.9 Å². The van der Waals surface area contributed by atoms with E-state index in [0.717, 1.165) is 15.4 Å². The van der Waals surface area contributed by atoms with E-state index in [1.807, 2.05) is 36.9 Å². The van der Waals surface area contributed by atoms with Crippen LogP contribution in [0.15, 0.2) is 41.3 Å². The summed E-state index contributed by atoms with van der Waals surface area (Å²) in [6.07, 6.45) is 5.17. The van der Waals surface area contributed by atoms with E-state index in [-0.39, 0.29) is 11.8 Å². The van der Waals surface area contributed by atoms with Crippen LogP contribution in [0.5, 0.6) is 0 Å². The predicted molar refractivity (Wildman–Crippen MR) is 126 cm³/mol. The van der Waals surface area contributed by atoms with Crippen molar-refractivity contribution < 1.29 is 14.7 Å². The molecule has 3 heterocycles. The number of aromatic amines is 1. The Morgan fingerprint density at radius 1 is 1.16 bits per heavy atom. The number of halogens is 1. The zero-order valence-corrected chi connectivity index (χ0v) is 19.5. The topological polar surface area (TPSA) is 114 Å². The maximum absolute atomic E-state index is 12.3. The molecule has 3 N–H and O–H groups in total. The van der Waals surface area contributed by atoms with E-state index in [1.54, 1.807) is 18.6 Å². The SMILES string of the molecule is CC(C)C(=O)Nc1ccc2c(C(C(=O)O)N3CCN(c4ncc(Br)cn4)CC3)c[nH]c2c1. The van der Waals surface area contributed by atoms with Gasteiger partial charge in [0, 0.05) is 72.8 Å². The minimum absolute atomic E-state index is 0.0628. The summed E-state index contributed by atoms with van der Waals surface area (Å²) >= 11 is 3.34. The van der Waals surface area contributed by atoms with Crippen molar-refractivity contribution in [1.82, 2.24) is 19.9 Å². The van der Waals surface area contributed by atoms with Gasteiger partial charge in [0.25, 0.3) is 0 Å². The number of carboxylic acids is 1. The van der Waals surface area contributed by atoms with Crippen LogP contribution < -0.4 is 10.2 Å². The number of aliphatic carboxylic acids is 1. The fourth-order valence-electron chi connectivity index (χ4n) is 3.87. The Kier molecular flexibility index (Phi) is 6.43. The molecule has 1 aliphatic heterocycles. The summed E-state index contributed by atoms with van der Waals surface area (Å²) in [7, 11) is 0. The average molecular weight is 501 g/mol. The van der Waals surface area contributed by atoms with Gasteiger partial charge >= 0.3 is 5.97 Å². The highest BCUT2D eigenvalue weighted by molar-refractivity contribution is 9.10. The zero-order chi connectivity index (χ0) is 22.8. The van der Waals surface area contributed by atoms with Gasteiger partial charge < -0.3 is 20.3 Å². The number of H-pyrrole nitrogens is 1. The summed E-state index contributed by atoms with van der Waals surface area (Å²) in [5.41, 5.74) is 2.18. The predicted octanol–water partition coefficient (Wildman–Crippen LogP) is 3.26. The molecule has 9 nitrogen and oxygen atoms in total. The lowest BCUT2D eigenvalue weighted by molar-refractivity contribution is -0.143. The number of nitrogens with zero attached hydrogens (tertiary/aromatic N) is 4. The van der Waals surface area contributed by atoms with Crippen molar-refractivity contribution in [3.05, 3.63) is 46.8 Å². The molecule has 2 aromatic heterocycles. The minimum atomic E-state index is -0.892. The fourth-order valence-corrected chi connectivity index (χ4v) is 4.08. The molecular formula is C22H25BrN6O3. The number of aromatic nitrogens is 3. The first kappa shape index (κ1) is 22.2. The lowest BCUT2D eigenvalue weighted by Gasteiger charge is -2.37. The van der Waals surface area contributed by atoms with Crippen LogP contribution in [0.3, 0.4) is 0 Å². The maximum atomic E-state index is 12.3. The van der Waals surface area contributed by atoms with E-state index in [1.165, 1.54) is 0 Å². The van der Waals surface area contributed by atoms with Crippen LogP contribution >= 0.6 is 15.9 Å². The Labute approximate surface area is 194 Å². The summed E-state index contributed by atoms with van der Waals surface area (Å²) in [4.78, 5) is 40.1. The quantitative estimate of drug-likeness (QED) is 0.475. The summed E-state index contributed by atoms with van der Waals surface area (Å²) in [6, 6.07) is 4.73. The molecule has 0 spiro atoms. The first-order valence-corrected chi connectivity index (χ1v) is 11.2. The molecule has 1 aromatic carbocycles. The molecule has 32 heavy (non-hydrogen) atoms. The molecule has 1 fully saturated rings. The number of carboxylic acid groups (broad SMARTS) is 1. The Bertz CT molecular complexity index is 1120. The third-order valence-electron chi connectivity index (χ3n) is 5.60. The second-order valence-corrected chi connectivity index (χ2v) is 9.03. The van der Waals surface area contributed by atoms with E-state index < -0.39 is 12.0 Å². The van der Waals surface area contributed by atoms with E-state index in [0.29, 0.717) is 43.4 Å². The zero-order valence-electron chi connectivity index (χ0n) is 17.9. The minimum Gasteiger partial charge on any atom is -0.480 e. The molecule has 1 saturated heterocycles. The molecule has 10 heteroatoms. The van der Waals surface area contributed by atoms with Crippen LogP contribution in [0, 0.1) is 5.92 Å². The number of fused-ring (bicyclic) bond motifs is 1. The van der Waals surface area contributed by atoms with Crippen LogP contribution in [0.2, 0.25) is 0 Å². The normalized spacial score (nSPS) is 15.8. The molecule has 168 valence electrons. The van der Waals surface area contributed by atoms with Gasteiger partial charge in [0.1, 0.15) is 6.04 Å². The van der Waals surface area contributed by atoms with Crippen molar-refractivity contribution in [2.45, 2.75) is 19.9 Å². The maximum Gasteiger partial charge on any atom is 0.325 e. The van der Waals surface area contributed by atoms with Gasteiger partial charge in [-0.05, 0) is 28.1 Å².